The smallest absolute Gasteiger partial charge is 0.318 e. The lowest BCUT2D eigenvalue weighted by atomic mass is 9.88. The predicted octanol–water partition coefficient (Wildman–Crippen LogP) is 5.48. The third kappa shape index (κ3) is 3.61. The quantitative estimate of drug-likeness (QED) is 0.531. The van der Waals surface area contributed by atoms with Gasteiger partial charge in [0.15, 0.2) is 0 Å². The molecule has 0 spiro atoms. The Hall–Kier alpha value is -3.11. The van der Waals surface area contributed by atoms with E-state index in [4.69, 9.17) is 9.47 Å². The zero-order valence-corrected chi connectivity index (χ0v) is 18.0. The molecule has 0 radical (unpaired) electrons. The first kappa shape index (κ1) is 19.8. The summed E-state index contributed by atoms with van der Waals surface area (Å²) in [6.07, 6.45) is 0.729. The van der Waals surface area contributed by atoms with Crippen molar-refractivity contribution in [2.75, 3.05) is 13.1 Å². The number of hydrogen-bond acceptors (Lipinski definition) is 4. The van der Waals surface area contributed by atoms with Crippen molar-refractivity contribution in [3.8, 4) is 11.5 Å². The third-order valence-corrected chi connectivity index (χ3v) is 6.61. The van der Waals surface area contributed by atoms with Crippen LogP contribution in [0.15, 0.2) is 78.9 Å². The van der Waals surface area contributed by atoms with Gasteiger partial charge in [0.1, 0.15) is 23.5 Å². The lowest BCUT2D eigenvalue weighted by molar-refractivity contribution is -0.149. The molecule has 1 fully saturated rings. The van der Waals surface area contributed by atoms with Crippen LogP contribution in [0.2, 0.25) is 0 Å². The molecule has 31 heavy (non-hydrogen) atoms. The second kappa shape index (κ2) is 7.86. The summed E-state index contributed by atoms with van der Waals surface area (Å²) in [5.74, 6) is 0.785. The molecule has 158 valence electrons. The molecule has 4 nitrogen and oxygen atoms in total. The van der Waals surface area contributed by atoms with E-state index in [1.54, 1.807) is 0 Å². The second-order valence-electron chi connectivity index (χ2n) is 8.83. The minimum atomic E-state index is -0.461. The first-order chi connectivity index (χ1) is 15.0. The van der Waals surface area contributed by atoms with Gasteiger partial charge in [-0.3, -0.25) is 9.69 Å². The number of likely N-dealkylation sites (tertiary alicyclic amines) is 1. The monoisotopic (exact) mass is 413 g/mol. The molecule has 4 heteroatoms. The van der Waals surface area contributed by atoms with Crippen LogP contribution in [0.1, 0.15) is 42.9 Å². The summed E-state index contributed by atoms with van der Waals surface area (Å²) < 4.78 is 12.1. The van der Waals surface area contributed by atoms with Gasteiger partial charge < -0.3 is 9.47 Å². The average Bonchev–Trinajstić information content (AvgIpc) is 3.27. The molecule has 0 bridgehead atoms. The van der Waals surface area contributed by atoms with Crippen molar-refractivity contribution in [3.05, 3.63) is 95.6 Å². The maximum absolute atomic E-state index is 13.4. The summed E-state index contributed by atoms with van der Waals surface area (Å²) in [6.45, 7) is 6.11. The van der Waals surface area contributed by atoms with E-state index in [1.807, 2.05) is 54.6 Å². The molecule has 1 saturated heterocycles. The van der Waals surface area contributed by atoms with Crippen LogP contribution in [0.25, 0.3) is 0 Å². The normalized spacial score (nSPS) is 18.7. The van der Waals surface area contributed by atoms with Crippen LogP contribution in [0, 0.1) is 0 Å². The molecular formula is C27H27NO3. The van der Waals surface area contributed by atoms with Gasteiger partial charge in [0.2, 0.25) is 0 Å². The zero-order chi connectivity index (χ0) is 21.4. The van der Waals surface area contributed by atoms with E-state index in [2.05, 4.69) is 43.0 Å². The number of ether oxygens (including phenoxy) is 2. The van der Waals surface area contributed by atoms with Crippen LogP contribution >= 0.6 is 0 Å². The SMILES string of the molecule is CC(C)(c1ccccc1)N1CCC(OC(=O)C2c3ccccc3Oc3ccccc32)C1. The lowest BCUT2D eigenvalue weighted by Gasteiger charge is -2.36. The van der Waals surface area contributed by atoms with Gasteiger partial charge in [-0.1, -0.05) is 66.7 Å². The summed E-state index contributed by atoms with van der Waals surface area (Å²) in [7, 11) is 0. The first-order valence-electron chi connectivity index (χ1n) is 10.9. The van der Waals surface area contributed by atoms with Crippen molar-refractivity contribution in [1.82, 2.24) is 4.90 Å². The van der Waals surface area contributed by atoms with Gasteiger partial charge in [0, 0.05) is 29.8 Å². The number of para-hydroxylation sites is 2. The minimum absolute atomic E-state index is 0.111. The Balaban J connectivity index is 1.35. The van der Waals surface area contributed by atoms with Crippen LogP contribution in [-0.2, 0) is 15.1 Å². The number of nitrogens with zero attached hydrogens (tertiary/aromatic N) is 1. The van der Waals surface area contributed by atoms with E-state index in [-0.39, 0.29) is 17.6 Å². The lowest BCUT2D eigenvalue weighted by Crippen LogP contribution is -2.40. The van der Waals surface area contributed by atoms with Crippen LogP contribution in [0.3, 0.4) is 0 Å². The molecule has 1 unspecified atom stereocenters. The Bertz CT molecular complexity index is 1050. The fourth-order valence-electron chi connectivity index (χ4n) is 4.76. The Morgan fingerprint density at radius 3 is 2.13 bits per heavy atom. The van der Waals surface area contributed by atoms with E-state index in [0.717, 1.165) is 42.1 Å². The summed E-state index contributed by atoms with van der Waals surface area (Å²) in [5, 5.41) is 0. The summed E-state index contributed by atoms with van der Waals surface area (Å²) in [6, 6.07) is 26.0. The van der Waals surface area contributed by atoms with Crippen LogP contribution in [-0.4, -0.2) is 30.1 Å². The molecule has 1 atom stereocenters. The molecule has 0 N–H and O–H groups in total. The number of hydrogen-bond donors (Lipinski definition) is 0. The molecule has 3 aromatic carbocycles. The number of carbonyl (C=O) groups is 1. The predicted molar refractivity (Wildman–Crippen MR) is 120 cm³/mol. The van der Waals surface area contributed by atoms with E-state index < -0.39 is 5.92 Å². The highest BCUT2D eigenvalue weighted by atomic mass is 16.5. The van der Waals surface area contributed by atoms with E-state index >= 15 is 0 Å². The molecular weight excluding hydrogens is 386 g/mol. The molecule has 2 aliphatic rings. The average molecular weight is 414 g/mol. The molecule has 3 aromatic rings. The fraction of sp³-hybridized carbons (Fsp3) is 0.296. The van der Waals surface area contributed by atoms with Gasteiger partial charge >= 0.3 is 5.97 Å². The van der Waals surface area contributed by atoms with E-state index in [9.17, 15) is 4.79 Å². The molecule has 2 heterocycles. The summed E-state index contributed by atoms with van der Waals surface area (Å²) in [4.78, 5) is 15.8. The van der Waals surface area contributed by atoms with Crippen LogP contribution < -0.4 is 4.74 Å². The molecule has 0 aliphatic carbocycles. The summed E-state index contributed by atoms with van der Waals surface area (Å²) in [5.41, 5.74) is 2.89. The van der Waals surface area contributed by atoms with Crippen LogP contribution in [0.5, 0.6) is 11.5 Å². The Morgan fingerprint density at radius 2 is 1.48 bits per heavy atom. The topological polar surface area (TPSA) is 38.8 Å². The maximum atomic E-state index is 13.4. The van der Waals surface area contributed by atoms with Crippen molar-refractivity contribution in [2.45, 2.75) is 37.8 Å². The Morgan fingerprint density at radius 1 is 0.903 bits per heavy atom. The van der Waals surface area contributed by atoms with Crippen molar-refractivity contribution in [3.63, 3.8) is 0 Å². The number of rotatable bonds is 4. The molecule has 0 aromatic heterocycles. The molecule has 2 aliphatic heterocycles. The van der Waals surface area contributed by atoms with Crippen molar-refractivity contribution >= 4 is 5.97 Å². The van der Waals surface area contributed by atoms with Gasteiger partial charge in [0.05, 0.1) is 0 Å². The summed E-state index contributed by atoms with van der Waals surface area (Å²) >= 11 is 0. The van der Waals surface area contributed by atoms with Crippen LogP contribution in [0.4, 0.5) is 0 Å². The minimum Gasteiger partial charge on any atom is -0.460 e. The Kier molecular flexibility index (Phi) is 5.03. The van der Waals surface area contributed by atoms with Gasteiger partial charge in [-0.25, -0.2) is 0 Å². The maximum Gasteiger partial charge on any atom is 0.318 e. The highest BCUT2D eigenvalue weighted by Crippen LogP contribution is 2.44. The highest BCUT2D eigenvalue weighted by Gasteiger charge is 2.39. The van der Waals surface area contributed by atoms with E-state index in [1.165, 1.54) is 5.56 Å². The Labute approximate surface area is 183 Å². The fourth-order valence-corrected chi connectivity index (χ4v) is 4.76. The number of esters is 1. The molecule has 0 saturated carbocycles. The standard InChI is InChI=1S/C27H27NO3/c1-27(2,19-10-4-3-5-11-19)28-17-16-20(18-28)30-26(29)25-21-12-6-8-14-23(21)31-24-15-9-7-13-22(24)25/h3-15,20,25H,16-18H2,1-2H3. The molecule has 5 rings (SSSR count). The highest BCUT2D eigenvalue weighted by molar-refractivity contribution is 5.85. The van der Waals surface area contributed by atoms with Crippen molar-refractivity contribution < 1.29 is 14.3 Å². The molecule has 0 amide bonds. The van der Waals surface area contributed by atoms with Gasteiger partial charge in [-0.15, -0.1) is 0 Å². The van der Waals surface area contributed by atoms with Gasteiger partial charge in [-0.05, 0) is 38.0 Å². The number of carbonyl (C=O) groups excluding carboxylic acids is 1. The van der Waals surface area contributed by atoms with E-state index in [0.29, 0.717) is 0 Å². The number of fused-ring (bicyclic) bond motifs is 2. The number of benzene rings is 3. The van der Waals surface area contributed by atoms with Crippen molar-refractivity contribution in [2.24, 2.45) is 0 Å². The second-order valence-corrected chi connectivity index (χ2v) is 8.83. The van der Waals surface area contributed by atoms with Crippen molar-refractivity contribution in [1.29, 1.82) is 0 Å². The van der Waals surface area contributed by atoms with Gasteiger partial charge in [0.25, 0.3) is 0 Å². The zero-order valence-electron chi connectivity index (χ0n) is 18.0. The first-order valence-corrected chi connectivity index (χ1v) is 10.9. The van der Waals surface area contributed by atoms with Gasteiger partial charge in [-0.2, -0.15) is 0 Å². The largest absolute Gasteiger partial charge is 0.460 e. The third-order valence-electron chi connectivity index (χ3n) is 6.61.